The lowest BCUT2D eigenvalue weighted by atomic mass is 10.1. The van der Waals surface area contributed by atoms with Crippen molar-refractivity contribution in [1.29, 1.82) is 0 Å². The van der Waals surface area contributed by atoms with Gasteiger partial charge in [-0.15, -0.1) is 0 Å². The van der Waals surface area contributed by atoms with Gasteiger partial charge in [0.05, 0.1) is 0 Å². The number of likely N-dealkylation sites (tertiary alicyclic amines) is 1. The summed E-state index contributed by atoms with van der Waals surface area (Å²) in [5.74, 6) is 0.237. The fourth-order valence-electron chi connectivity index (χ4n) is 2.90. The van der Waals surface area contributed by atoms with E-state index in [1.807, 2.05) is 39.5 Å². The molecule has 22 heavy (non-hydrogen) atoms. The number of amides is 2. The topological polar surface area (TPSA) is 49.9 Å². The summed E-state index contributed by atoms with van der Waals surface area (Å²) in [6.45, 7) is 11.8. The summed E-state index contributed by atoms with van der Waals surface area (Å²) in [6, 6.07) is 0.247. The first-order valence-corrected chi connectivity index (χ1v) is 8.55. The molecule has 1 fully saturated rings. The van der Waals surface area contributed by atoms with Gasteiger partial charge in [0, 0.05) is 32.1 Å². The van der Waals surface area contributed by atoms with Gasteiger partial charge in [0.2, 0.25) is 5.91 Å². The minimum absolute atomic E-state index is 0.237. The van der Waals surface area contributed by atoms with Crippen molar-refractivity contribution < 1.29 is 14.3 Å². The smallest absolute Gasteiger partial charge is 0.410 e. The first kappa shape index (κ1) is 18.8. The Morgan fingerprint density at radius 3 is 2.41 bits per heavy atom. The summed E-state index contributed by atoms with van der Waals surface area (Å²) in [6.07, 6.45) is 3.97. The molecule has 128 valence electrons. The van der Waals surface area contributed by atoms with Crippen LogP contribution in [0.4, 0.5) is 4.79 Å². The van der Waals surface area contributed by atoms with Gasteiger partial charge < -0.3 is 14.5 Å². The van der Waals surface area contributed by atoms with E-state index in [1.54, 1.807) is 4.90 Å². The second-order valence-corrected chi connectivity index (χ2v) is 6.98. The molecule has 5 nitrogen and oxygen atoms in total. The molecule has 1 saturated heterocycles. The van der Waals surface area contributed by atoms with E-state index in [0.717, 1.165) is 32.2 Å². The van der Waals surface area contributed by atoms with Crippen molar-refractivity contribution in [2.45, 2.75) is 78.4 Å². The van der Waals surface area contributed by atoms with Crippen molar-refractivity contribution in [2.24, 2.45) is 0 Å². The van der Waals surface area contributed by atoms with Crippen LogP contribution in [0, 0.1) is 0 Å². The number of rotatable bonds is 4. The molecule has 0 aromatic carbocycles. The van der Waals surface area contributed by atoms with Gasteiger partial charge in [0.1, 0.15) is 5.60 Å². The predicted molar refractivity (Wildman–Crippen MR) is 87.7 cm³/mol. The summed E-state index contributed by atoms with van der Waals surface area (Å²) < 4.78 is 5.45. The normalized spacial score (nSPS) is 19.5. The van der Waals surface area contributed by atoms with Gasteiger partial charge in [0.25, 0.3) is 0 Å². The molecule has 0 spiro atoms. The molecular formula is C17H32N2O3. The molecule has 0 aromatic rings. The zero-order valence-corrected chi connectivity index (χ0v) is 14.9. The van der Waals surface area contributed by atoms with E-state index in [0.29, 0.717) is 19.5 Å². The lowest BCUT2D eigenvalue weighted by Gasteiger charge is -2.30. The first-order valence-electron chi connectivity index (χ1n) is 8.55. The Morgan fingerprint density at radius 2 is 1.86 bits per heavy atom. The molecule has 0 N–H and O–H groups in total. The maximum Gasteiger partial charge on any atom is 0.410 e. The van der Waals surface area contributed by atoms with Crippen LogP contribution in [0.1, 0.15) is 66.7 Å². The van der Waals surface area contributed by atoms with E-state index in [-0.39, 0.29) is 18.0 Å². The molecule has 0 radical (unpaired) electrons. The molecule has 0 bridgehead atoms. The Hall–Kier alpha value is -1.26. The Morgan fingerprint density at radius 1 is 1.18 bits per heavy atom. The largest absolute Gasteiger partial charge is 0.444 e. The van der Waals surface area contributed by atoms with Gasteiger partial charge in [-0.25, -0.2) is 4.79 Å². The highest BCUT2D eigenvalue weighted by Gasteiger charge is 2.28. The molecule has 0 aliphatic carbocycles. The van der Waals surface area contributed by atoms with Gasteiger partial charge in [0.15, 0.2) is 0 Å². The van der Waals surface area contributed by atoms with Crippen LogP contribution in [0.25, 0.3) is 0 Å². The Kier molecular flexibility index (Phi) is 7.17. The predicted octanol–water partition coefficient (Wildman–Crippen LogP) is 3.42. The third-order valence-corrected chi connectivity index (χ3v) is 3.91. The third kappa shape index (κ3) is 5.85. The van der Waals surface area contributed by atoms with Crippen molar-refractivity contribution >= 4 is 12.0 Å². The van der Waals surface area contributed by atoms with E-state index >= 15 is 0 Å². The van der Waals surface area contributed by atoms with Crippen molar-refractivity contribution in [3.63, 3.8) is 0 Å². The molecule has 1 rings (SSSR count). The van der Waals surface area contributed by atoms with Crippen molar-refractivity contribution in [3.8, 4) is 0 Å². The van der Waals surface area contributed by atoms with Crippen LogP contribution in [0.3, 0.4) is 0 Å². The second-order valence-electron chi connectivity index (χ2n) is 6.98. The Labute approximate surface area is 135 Å². The Balaban J connectivity index is 2.61. The standard InChI is InChI=1S/C17H32N2O3/c1-6-9-15(20)19(7-2)14-10-8-12-18(13-11-14)16(21)22-17(3,4)5/h14H,6-13H2,1-5H3. The van der Waals surface area contributed by atoms with E-state index in [1.165, 1.54) is 0 Å². The van der Waals surface area contributed by atoms with E-state index in [2.05, 4.69) is 0 Å². The second kappa shape index (κ2) is 8.39. The summed E-state index contributed by atoms with van der Waals surface area (Å²) >= 11 is 0. The van der Waals surface area contributed by atoms with Crippen LogP contribution in [-0.2, 0) is 9.53 Å². The molecule has 1 atom stereocenters. The zero-order chi connectivity index (χ0) is 16.8. The van der Waals surface area contributed by atoms with Crippen molar-refractivity contribution in [2.75, 3.05) is 19.6 Å². The average Bonchev–Trinajstić information content (AvgIpc) is 2.64. The van der Waals surface area contributed by atoms with Gasteiger partial charge in [-0.05, 0) is 53.4 Å². The zero-order valence-electron chi connectivity index (χ0n) is 14.9. The lowest BCUT2D eigenvalue weighted by molar-refractivity contribution is -0.133. The maximum absolute atomic E-state index is 12.2. The SMILES string of the molecule is CCCC(=O)N(CC)C1CCCN(C(=O)OC(C)(C)C)CC1. The van der Waals surface area contributed by atoms with Gasteiger partial charge in [-0.2, -0.15) is 0 Å². The van der Waals surface area contributed by atoms with Gasteiger partial charge >= 0.3 is 6.09 Å². The minimum Gasteiger partial charge on any atom is -0.444 e. The molecule has 1 unspecified atom stereocenters. The summed E-state index contributed by atoms with van der Waals surface area (Å²) in [5, 5.41) is 0. The number of carbonyl (C=O) groups excluding carboxylic acids is 2. The fourth-order valence-corrected chi connectivity index (χ4v) is 2.90. The van der Waals surface area contributed by atoms with Crippen LogP contribution in [0.15, 0.2) is 0 Å². The van der Waals surface area contributed by atoms with Crippen LogP contribution in [0.2, 0.25) is 0 Å². The number of nitrogens with zero attached hydrogens (tertiary/aromatic N) is 2. The summed E-state index contributed by atoms with van der Waals surface area (Å²) in [4.78, 5) is 28.2. The Bertz CT molecular complexity index is 377. The third-order valence-electron chi connectivity index (χ3n) is 3.91. The molecule has 0 aromatic heterocycles. The number of carbonyl (C=O) groups is 2. The number of hydrogen-bond donors (Lipinski definition) is 0. The number of ether oxygens (including phenoxy) is 1. The monoisotopic (exact) mass is 312 g/mol. The van der Waals surface area contributed by atoms with E-state index < -0.39 is 5.60 Å². The molecule has 5 heteroatoms. The number of hydrogen-bond acceptors (Lipinski definition) is 3. The molecule has 1 aliphatic heterocycles. The van der Waals surface area contributed by atoms with Crippen LogP contribution in [0.5, 0.6) is 0 Å². The van der Waals surface area contributed by atoms with Crippen molar-refractivity contribution in [1.82, 2.24) is 9.80 Å². The molecular weight excluding hydrogens is 280 g/mol. The van der Waals surface area contributed by atoms with Gasteiger partial charge in [-0.3, -0.25) is 4.79 Å². The molecule has 0 saturated carbocycles. The molecule has 1 heterocycles. The summed E-state index contributed by atoms with van der Waals surface area (Å²) in [5.41, 5.74) is -0.463. The molecule has 1 aliphatic rings. The first-order chi connectivity index (χ1) is 10.3. The highest BCUT2D eigenvalue weighted by molar-refractivity contribution is 5.76. The molecule has 2 amide bonds. The quantitative estimate of drug-likeness (QED) is 0.799. The van der Waals surface area contributed by atoms with Crippen molar-refractivity contribution in [3.05, 3.63) is 0 Å². The highest BCUT2D eigenvalue weighted by atomic mass is 16.6. The highest BCUT2D eigenvalue weighted by Crippen LogP contribution is 2.20. The summed E-state index contributed by atoms with van der Waals surface area (Å²) in [7, 11) is 0. The average molecular weight is 312 g/mol. The maximum atomic E-state index is 12.2. The lowest BCUT2D eigenvalue weighted by Crippen LogP contribution is -2.41. The van der Waals surface area contributed by atoms with Gasteiger partial charge in [-0.1, -0.05) is 6.92 Å². The minimum atomic E-state index is -0.463. The van der Waals surface area contributed by atoms with E-state index in [4.69, 9.17) is 4.74 Å². The van der Waals surface area contributed by atoms with Crippen LogP contribution in [-0.4, -0.2) is 53.1 Å². The fraction of sp³-hybridized carbons (Fsp3) is 0.882. The van der Waals surface area contributed by atoms with Crippen LogP contribution < -0.4 is 0 Å². The van der Waals surface area contributed by atoms with E-state index in [9.17, 15) is 9.59 Å². The van der Waals surface area contributed by atoms with Crippen LogP contribution >= 0.6 is 0 Å².